The van der Waals surface area contributed by atoms with Crippen LogP contribution < -0.4 is 27.2 Å². The molecule has 6 N–H and O–H groups in total. The number of hydrogen-bond acceptors (Lipinski definition) is 7. The third-order valence-corrected chi connectivity index (χ3v) is 7.55. The van der Waals surface area contributed by atoms with E-state index in [1.165, 1.54) is 0 Å². The molecular formula is C30H38FN7O. The number of benzene rings is 2. The molecule has 2 unspecified atom stereocenters. The van der Waals surface area contributed by atoms with E-state index in [0.29, 0.717) is 24.4 Å². The lowest BCUT2D eigenvalue weighted by atomic mass is 9.91. The summed E-state index contributed by atoms with van der Waals surface area (Å²) in [6.07, 6.45) is 3.55. The van der Waals surface area contributed by atoms with Crippen molar-refractivity contribution < 1.29 is 9.18 Å². The fourth-order valence-electron chi connectivity index (χ4n) is 5.10. The number of pyridine rings is 1. The van der Waals surface area contributed by atoms with Gasteiger partial charge in [0.05, 0.1) is 23.3 Å². The third-order valence-electron chi connectivity index (χ3n) is 7.55. The van der Waals surface area contributed by atoms with E-state index < -0.39 is 11.8 Å². The normalized spacial score (nSPS) is 14.5. The number of aromatic nitrogens is 1. The first kappa shape index (κ1) is 27.9. The van der Waals surface area contributed by atoms with Gasteiger partial charge in [-0.25, -0.2) is 9.82 Å². The highest BCUT2D eigenvalue weighted by molar-refractivity contribution is 5.85. The molecule has 2 aromatic carbocycles. The monoisotopic (exact) mass is 531 g/mol. The predicted molar refractivity (Wildman–Crippen MR) is 155 cm³/mol. The Morgan fingerprint density at radius 1 is 1.21 bits per heavy atom. The minimum Gasteiger partial charge on any atom is -0.389 e. The van der Waals surface area contributed by atoms with Gasteiger partial charge in [-0.3, -0.25) is 9.78 Å². The van der Waals surface area contributed by atoms with Crippen LogP contribution in [0.15, 0.2) is 54.5 Å². The molecule has 1 aliphatic rings. The number of nitrogens with two attached hydrogens (primary N) is 1. The number of rotatable bonds is 10. The number of carbonyl (C=O) groups excluding carboxylic acids is 1. The molecule has 2 atom stereocenters. The van der Waals surface area contributed by atoms with Gasteiger partial charge in [0, 0.05) is 67.7 Å². The second-order valence-electron chi connectivity index (χ2n) is 10.1. The van der Waals surface area contributed by atoms with Gasteiger partial charge < -0.3 is 26.7 Å². The molecule has 8 nitrogen and oxygen atoms in total. The van der Waals surface area contributed by atoms with Crippen LogP contribution in [0.3, 0.4) is 0 Å². The third kappa shape index (κ3) is 5.68. The van der Waals surface area contributed by atoms with E-state index in [4.69, 9.17) is 5.73 Å². The maximum absolute atomic E-state index is 15.0. The summed E-state index contributed by atoms with van der Waals surface area (Å²) in [7, 11) is 3.77. The smallest absolute Gasteiger partial charge is 0.226 e. The molecule has 4 rings (SSSR count). The van der Waals surface area contributed by atoms with Crippen molar-refractivity contribution in [3.8, 4) is 0 Å². The lowest BCUT2D eigenvalue weighted by molar-refractivity contribution is -0.120. The van der Waals surface area contributed by atoms with Crippen molar-refractivity contribution in [1.82, 2.24) is 20.6 Å². The van der Waals surface area contributed by atoms with E-state index in [1.807, 2.05) is 44.4 Å². The molecule has 1 aliphatic heterocycles. The number of nitrogens with one attached hydrogen (secondary N) is 4. The Bertz CT molecular complexity index is 1390. The van der Waals surface area contributed by atoms with Crippen molar-refractivity contribution in [2.24, 2.45) is 11.7 Å². The number of primary amides is 1. The van der Waals surface area contributed by atoms with E-state index in [2.05, 4.69) is 44.4 Å². The van der Waals surface area contributed by atoms with Crippen molar-refractivity contribution in [1.29, 1.82) is 0 Å². The predicted octanol–water partition coefficient (Wildman–Crippen LogP) is 4.58. The summed E-state index contributed by atoms with van der Waals surface area (Å²) in [4.78, 5) is 18.7. The Morgan fingerprint density at radius 3 is 2.64 bits per heavy atom. The highest BCUT2D eigenvalue weighted by Crippen LogP contribution is 2.40. The largest absolute Gasteiger partial charge is 0.389 e. The highest BCUT2D eigenvalue weighted by Gasteiger charge is 2.30. The fourth-order valence-corrected chi connectivity index (χ4v) is 5.10. The zero-order valence-electron chi connectivity index (χ0n) is 23.4. The van der Waals surface area contributed by atoms with Crippen LogP contribution in [0.25, 0.3) is 5.70 Å². The Labute approximate surface area is 229 Å². The van der Waals surface area contributed by atoms with Gasteiger partial charge in [0.1, 0.15) is 5.82 Å². The van der Waals surface area contributed by atoms with Crippen LogP contribution >= 0.6 is 0 Å². The molecule has 0 bridgehead atoms. The van der Waals surface area contributed by atoms with Crippen molar-refractivity contribution in [3.63, 3.8) is 0 Å². The summed E-state index contributed by atoms with van der Waals surface area (Å²) < 4.78 is 15.0. The van der Waals surface area contributed by atoms with Crippen LogP contribution in [-0.2, 0) is 17.9 Å². The van der Waals surface area contributed by atoms with Gasteiger partial charge in [0.15, 0.2) is 0 Å². The number of fused-ring (bicyclic) bond motifs is 1. The van der Waals surface area contributed by atoms with E-state index in [1.54, 1.807) is 33.2 Å². The molecule has 3 aromatic rings. The van der Waals surface area contributed by atoms with Gasteiger partial charge in [-0.2, -0.15) is 0 Å². The minimum atomic E-state index is -0.574. The topological polar surface area (TPSA) is 107 Å². The number of aryl methyl sites for hydroxylation is 2. The summed E-state index contributed by atoms with van der Waals surface area (Å²) in [5.41, 5.74) is 21.1. The number of carbonyl (C=O) groups is 1. The van der Waals surface area contributed by atoms with E-state index >= 15 is 4.39 Å². The molecule has 0 spiro atoms. The van der Waals surface area contributed by atoms with Gasteiger partial charge in [-0.05, 0) is 68.7 Å². The SMILES string of the molecule is CN/C(=C(\c1c(C)ccc2c1CNN2)N(C)C(C)c1cc(F)c(C)cc1NCc1cccnc1)C(C)C(N)=O. The van der Waals surface area contributed by atoms with E-state index in [9.17, 15) is 4.79 Å². The zero-order chi connectivity index (χ0) is 28.3. The number of hydrazine groups is 1. The number of halogens is 1. The molecule has 0 aliphatic carbocycles. The van der Waals surface area contributed by atoms with Gasteiger partial charge in [0.25, 0.3) is 0 Å². The van der Waals surface area contributed by atoms with E-state index in [0.717, 1.165) is 44.9 Å². The number of amides is 1. The van der Waals surface area contributed by atoms with Crippen LogP contribution in [0.4, 0.5) is 15.8 Å². The Morgan fingerprint density at radius 2 is 1.97 bits per heavy atom. The zero-order valence-corrected chi connectivity index (χ0v) is 23.4. The first-order valence-electron chi connectivity index (χ1n) is 13.1. The van der Waals surface area contributed by atoms with Gasteiger partial charge in [0.2, 0.25) is 5.91 Å². The summed E-state index contributed by atoms with van der Waals surface area (Å²) in [6, 6.07) is 11.2. The van der Waals surface area contributed by atoms with Crippen LogP contribution in [0.5, 0.6) is 0 Å². The summed E-state index contributed by atoms with van der Waals surface area (Å²) >= 11 is 0. The molecular weight excluding hydrogens is 493 g/mol. The second-order valence-corrected chi connectivity index (χ2v) is 10.1. The Kier molecular flexibility index (Phi) is 8.40. The number of hydrogen-bond donors (Lipinski definition) is 5. The van der Waals surface area contributed by atoms with Crippen LogP contribution in [0, 0.1) is 25.6 Å². The van der Waals surface area contributed by atoms with Gasteiger partial charge in [-0.1, -0.05) is 12.1 Å². The van der Waals surface area contributed by atoms with Crippen molar-refractivity contribution in [2.45, 2.75) is 46.8 Å². The average Bonchev–Trinajstić information content (AvgIpc) is 3.41. The lowest BCUT2D eigenvalue weighted by Gasteiger charge is -2.35. The lowest BCUT2D eigenvalue weighted by Crippen LogP contribution is -2.33. The summed E-state index contributed by atoms with van der Waals surface area (Å²) in [5, 5.41) is 6.76. The fraction of sp³-hybridized carbons (Fsp3) is 0.333. The standard InChI is InChI=1S/C30H38FN7O/c1-17-9-10-25-23(16-36-37-25)27(17)29(28(33-5)19(3)30(32)39)38(6)20(4)22-13-24(31)18(2)12-26(22)35-15-21-8-7-11-34-14-21/h7-14,19-20,33,35-37H,15-16H2,1-6H3,(H2,32,39)/b29-28+. The second kappa shape index (κ2) is 11.7. The van der Waals surface area contributed by atoms with Crippen LogP contribution in [0.2, 0.25) is 0 Å². The minimum absolute atomic E-state index is 0.271. The molecule has 206 valence electrons. The average molecular weight is 532 g/mol. The maximum Gasteiger partial charge on any atom is 0.226 e. The summed E-state index contributed by atoms with van der Waals surface area (Å²) in [6.45, 7) is 8.83. The first-order chi connectivity index (χ1) is 18.6. The molecule has 9 heteroatoms. The highest BCUT2D eigenvalue weighted by atomic mass is 19.1. The van der Waals surface area contributed by atoms with E-state index in [-0.39, 0.29) is 11.9 Å². The molecule has 0 radical (unpaired) electrons. The van der Waals surface area contributed by atoms with Crippen molar-refractivity contribution in [2.75, 3.05) is 24.8 Å². The quantitative estimate of drug-likeness (QED) is 0.261. The number of nitrogens with zero attached hydrogens (tertiary/aromatic N) is 2. The van der Waals surface area contributed by atoms with Crippen LogP contribution in [0.1, 0.15) is 53.3 Å². The maximum atomic E-state index is 15.0. The van der Waals surface area contributed by atoms with Gasteiger partial charge in [-0.15, -0.1) is 0 Å². The summed E-state index contributed by atoms with van der Waals surface area (Å²) in [5.74, 6) is -1.28. The Hall–Kier alpha value is -4.11. The molecule has 39 heavy (non-hydrogen) atoms. The molecule has 1 aromatic heterocycles. The Balaban J connectivity index is 1.85. The molecule has 2 heterocycles. The molecule has 0 fully saturated rings. The number of anilines is 2. The van der Waals surface area contributed by atoms with Crippen molar-refractivity contribution in [3.05, 3.63) is 93.7 Å². The molecule has 1 amide bonds. The first-order valence-corrected chi connectivity index (χ1v) is 13.1. The molecule has 0 saturated heterocycles. The molecule has 0 saturated carbocycles. The van der Waals surface area contributed by atoms with Crippen LogP contribution in [-0.4, -0.2) is 29.9 Å². The van der Waals surface area contributed by atoms with Crippen molar-refractivity contribution >= 4 is 23.0 Å². The van der Waals surface area contributed by atoms with Gasteiger partial charge >= 0.3 is 0 Å².